The van der Waals surface area contributed by atoms with Crippen molar-refractivity contribution in [3.8, 4) is 0 Å². The van der Waals surface area contributed by atoms with Crippen molar-refractivity contribution in [2.75, 3.05) is 0 Å². The Hall–Kier alpha value is -9.95. The molecule has 0 atom stereocenters. The second-order valence-corrected chi connectivity index (χ2v) is 45.3. The fourth-order valence-electron chi connectivity index (χ4n) is 19.8. The molecule has 2 aliphatic carbocycles. The molecule has 0 spiro atoms. The molecule has 6 aromatic heterocycles. The highest BCUT2D eigenvalue weighted by molar-refractivity contribution is 7.17. The van der Waals surface area contributed by atoms with E-state index in [0.29, 0.717) is 107 Å². The summed E-state index contributed by atoms with van der Waals surface area (Å²) in [5, 5.41) is 19.6. The molecule has 16 aromatic rings. The molecule has 13 heteroatoms. The highest BCUT2D eigenvalue weighted by atomic mass is 32.1. The molecule has 6 heterocycles. The summed E-state index contributed by atoms with van der Waals surface area (Å²) in [4.78, 5) is 16.5. The van der Waals surface area contributed by atoms with E-state index in [4.69, 9.17) is 13.6 Å². The van der Waals surface area contributed by atoms with Gasteiger partial charge in [0.15, 0.2) is 12.0 Å². The maximum atomic E-state index is 5.49. The van der Waals surface area contributed by atoms with E-state index in [0.717, 1.165) is 38.6 Å². The summed E-state index contributed by atoms with van der Waals surface area (Å²) in [6, 6.07) is 49.2. The molecule has 0 unspecified atom stereocenters. The minimum absolute atomic E-state index is 0.445. The number of hydrogen-bond acceptors (Lipinski definition) is 12. The Morgan fingerprint density at radius 1 is 0.263 bits per heavy atom. The molecular formula is C124H168N8O3S2. The summed E-state index contributed by atoms with van der Waals surface area (Å²) in [7, 11) is 0. The molecule has 18 rings (SSSR count). The first-order valence-corrected chi connectivity index (χ1v) is 53.7. The van der Waals surface area contributed by atoms with Gasteiger partial charge in [-0.15, -0.1) is 11.3 Å². The molecule has 0 saturated carbocycles. The van der Waals surface area contributed by atoms with Crippen molar-refractivity contribution >= 4 is 98.8 Å². The molecule has 0 radical (unpaired) electrons. The van der Waals surface area contributed by atoms with E-state index in [9.17, 15) is 0 Å². The fourth-order valence-corrected chi connectivity index (χ4v) is 21.5. The van der Waals surface area contributed by atoms with Gasteiger partial charge in [0, 0.05) is 16.2 Å². The van der Waals surface area contributed by atoms with Crippen LogP contribution in [0.2, 0.25) is 0 Å². The Morgan fingerprint density at radius 2 is 0.577 bits per heavy atom. The Kier molecular flexibility index (Phi) is 39.6. The molecule has 10 aromatic carbocycles. The van der Waals surface area contributed by atoms with E-state index in [-0.39, 0.29) is 0 Å². The SMILES string of the molecule is CC(C)c1ccc(C(C)C)c2[nH]cnc12.CC(C)c1ccc(C(C)C)c2c1CCC2.CC(C)c1ccc(C(C)C)c2c1CCCC2.CC(C)c1ccc(C(C)C)c2ccccc12.CC(C)c1ccc(C(C)C)c2nocc12.CC(C)c1ccc(C(C)C)c2nonc12.CC(C)c1ccc(C(C)C)c2nscc12.CC(C)c1ccc(C(C)C)c2ocnc12.CC(C)c1ccc(C(C)C)c2scnc12. The second kappa shape index (κ2) is 49.7. The number of benzene rings is 10. The standard InChI is InChI=1S/C16H24.C16H20.C15H22.C13H18N2.2C13H17NO.2C13H17NS.C12H16N2O/c2*1-11(2)13-9-10-14(12(3)4)16-8-6-5-7-15(13)16;1-10(2)12-8-9-13(11(3)4)15-7-5-6-14(12)15;2*1-8(2)10-5-6-11(9(3)4)13-12(10)14-7-15-13;1-8(2)10-5-6-11(9(3)4)13-12(10)7-15-14-13;1-8(2)10-5-6-11(9(3)4)13-12(10)14-7-15-13;1-8(2)10-5-6-11(9(3)4)13-12(10)7-15-14-13;1-7(2)9-5-6-10(8(3)4)12-11(9)13-15-14-12/h9-12H,5-8H2,1-4H3;5-12H,1-4H3;8-11H,5-7H2,1-4H3;5-9H,1-4H3,(H,14,15);4*5-9H,1-4H3;5-8H,1-4H3. The van der Waals surface area contributed by atoms with Crippen molar-refractivity contribution in [2.45, 2.75) is 401 Å². The van der Waals surface area contributed by atoms with Crippen molar-refractivity contribution in [2.24, 2.45) is 0 Å². The Morgan fingerprint density at radius 3 is 0.978 bits per heavy atom. The summed E-state index contributed by atoms with van der Waals surface area (Å²) in [5.41, 5.74) is 43.3. The number of hydrogen-bond donors (Lipinski definition) is 1. The maximum Gasteiger partial charge on any atom is 0.182 e. The topological polar surface area (TPSA) is 145 Å². The van der Waals surface area contributed by atoms with E-state index < -0.39 is 0 Å². The van der Waals surface area contributed by atoms with Gasteiger partial charge in [-0.1, -0.05) is 388 Å². The Labute approximate surface area is 832 Å². The van der Waals surface area contributed by atoms with Crippen molar-refractivity contribution in [1.82, 2.24) is 39.8 Å². The summed E-state index contributed by atoms with van der Waals surface area (Å²) in [5.74, 6) is 10.0. The predicted octanol–water partition coefficient (Wildman–Crippen LogP) is 38.8. The molecule has 1 N–H and O–H groups in total. The third-order valence-corrected chi connectivity index (χ3v) is 29.1. The van der Waals surface area contributed by atoms with Crippen LogP contribution in [0.15, 0.2) is 177 Å². The number of aromatic nitrogens is 8. The van der Waals surface area contributed by atoms with Gasteiger partial charge in [0.25, 0.3) is 0 Å². The van der Waals surface area contributed by atoms with Crippen LogP contribution in [0.5, 0.6) is 0 Å². The number of aromatic amines is 1. The number of nitrogens with zero attached hydrogens (tertiary/aromatic N) is 7. The van der Waals surface area contributed by atoms with Crippen molar-refractivity contribution in [3.63, 3.8) is 0 Å². The van der Waals surface area contributed by atoms with Crippen LogP contribution in [-0.2, 0) is 25.7 Å². The first-order valence-electron chi connectivity index (χ1n) is 52.0. The smallest absolute Gasteiger partial charge is 0.182 e. The van der Waals surface area contributed by atoms with E-state index in [2.05, 4.69) is 428 Å². The molecule has 0 amide bonds. The zero-order valence-corrected chi connectivity index (χ0v) is 92.2. The molecule has 0 bridgehead atoms. The van der Waals surface area contributed by atoms with Gasteiger partial charge in [0.1, 0.15) is 28.3 Å². The molecular weight excluding hydrogens is 1710 g/mol. The zero-order valence-electron chi connectivity index (χ0n) is 90.6. The number of H-pyrrole nitrogens is 1. The first-order chi connectivity index (χ1) is 65.0. The number of oxazole rings is 1. The summed E-state index contributed by atoms with van der Waals surface area (Å²) >= 11 is 3.33. The van der Waals surface area contributed by atoms with Crippen LogP contribution >= 0.6 is 22.9 Å². The third-order valence-electron chi connectivity index (χ3n) is 27.6. The van der Waals surface area contributed by atoms with Gasteiger partial charge in [0.05, 0.1) is 38.6 Å². The van der Waals surface area contributed by atoms with E-state index in [1.807, 2.05) is 5.51 Å². The van der Waals surface area contributed by atoms with Crippen LogP contribution in [0.25, 0.3) is 76.0 Å². The van der Waals surface area contributed by atoms with Gasteiger partial charge in [-0.2, -0.15) is 4.37 Å². The number of thiazole rings is 1. The van der Waals surface area contributed by atoms with E-state index in [1.54, 1.807) is 86.4 Å². The number of fused-ring (bicyclic) bond motifs is 9. The molecule has 137 heavy (non-hydrogen) atoms. The molecule has 2 aliphatic rings. The number of imidazole rings is 1. The lowest BCUT2D eigenvalue weighted by Gasteiger charge is -2.25. The Balaban J connectivity index is 0.000000159. The highest BCUT2D eigenvalue weighted by Crippen LogP contribution is 2.42. The minimum Gasteiger partial charge on any atom is -0.443 e. The zero-order chi connectivity index (χ0) is 100. The van der Waals surface area contributed by atoms with Crippen molar-refractivity contribution in [3.05, 3.63) is 286 Å². The first kappa shape index (κ1) is 109. The molecule has 0 fully saturated rings. The largest absolute Gasteiger partial charge is 0.443 e. The highest BCUT2D eigenvalue weighted by Gasteiger charge is 2.26. The summed E-state index contributed by atoms with van der Waals surface area (Å²) in [6.45, 7) is 80.3. The van der Waals surface area contributed by atoms with E-state index in [1.165, 1.54) is 160 Å². The quantitative estimate of drug-likeness (QED) is 0.0881. The van der Waals surface area contributed by atoms with Crippen LogP contribution < -0.4 is 0 Å². The van der Waals surface area contributed by atoms with Crippen molar-refractivity contribution < 1.29 is 13.6 Å². The van der Waals surface area contributed by atoms with Crippen molar-refractivity contribution in [1.29, 1.82) is 0 Å². The lowest BCUT2D eigenvalue weighted by Crippen LogP contribution is -2.11. The molecule has 11 nitrogen and oxygen atoms in total. The summed E-state index contributed by atoms with van der Waals surface area (Å²) in [6.07, 6.45) is 14.5. The third kappa shape index (κ3) is 26.4. The van der Waals surface area contributed by atoms with Gasteiger partial charge < -0.3 is 13.9 Å². The average molecular weight is 1880 g/mol. The van der Waals surface area contributed by atoms with Crippen LogP contribution in [0, 0.1) is 0 Å². The lowest BCUT2D eigenvalue weighted by molar-refractivity contribution is 0.315. The van der Waals surface area contributed by atoms with Gasteiger partial charge in [0.2, 0.25) is 0 Å². The lowest BCUT2D eigenvalue weighted by atomic mass is 9.80. The van der Waals surface area contributed by atoms with Gasteiger partial charge in [-0.05, 0) is 306 Å². The second-order valence-electron chi connectivity index (χ2n) is 43.8. The molecule has 0 aliphatic heterocycles. The van der Waals surface area contributed by atoms with Gasteiger partial charge >= 0.3 is 0 Å². The van der Waals surface area contributed by atoms with Gasteiger partial charge in [-0.3, -0.25) is 0 Å². The maximum absolute atomic E-state index is 5.49. The van der Waals surface area contributed by atoms with Crippen LogP contribution in [0.1, 0.15) is 497 Å². The summed E-state index contributed by atoms with van der Waals surface area (Å²) < 4.78 is 21.3. The molecule has 734 valence electrons. The molecule has 0 saturated heterocycles. The monoisotopic (exact) mass is 1880 g/mol. The van der Waals surface area contributed by atoms with Gasteiger partial charge in [-0.25, -0.2) is 19.6 Å². The average Bonchev–Trinajstić information content (AvgIpc) is 1.61. The number of rotatable bonds is 18. The van der Waals surface area contributed by atoms with Crippen LogP contribution in [0.3, 0.4) is 0 Å². The van der Waals surface area contributed by atoms with Crippen LogP contribution in [0.4, 0.5) is 0 Å². The Bertz CT molecular complexity index is 5460. The number of nitrogens with one attached hydrogen (secondary N) is 1. The normalized spacial score (nSPS) is 12.6. The predicted molar refractivity (Wildman–Crippen MR) is 594 cm³/mol. The van der Waals surface area contributed by atoms with Crippen LogP contribution in [-0.4, -0.2) is 39.8 Å². The van der Waals surface area contributed by atoms with E-state index >= 15 is 0 Å². The fraction of sp³-hybridized carbons (Fsp3) is 0.492. The minimum atomic E-state index is 0.445.